The van der Waals surface area contributed by atoms with Crippen LogP contribution in [0.1, 0.15) is 32.1 Å². The van der Waals surface area contributed by atoms with Gasteiger partial charge in [-0.15, -0.1) is 24.0 Å². The quantitative estimate of drug-likeness (QED) is 0.485. The molecule has 3 nitrogen and oxygen atoms in total. The molecule has 0 unspecified atom stereocenters. The van der Waals surface area contributed by atoms with Crippen LogP contribution in [0.15, 0.2) is 35.3 Å². The van der Waals surface area contributed by atoms with Crippen molar-refractivity contribution in [2.24, 2.45) is 10.9 Å². The van der Waals surface area contributed by atoms with E-state index in [2.05, 4.69) is 34.5 Å². The molecule has 4 heteroatoms. The summed E-state index contributed by atoms with van der Waals surface area (Å²) in [6, 6.07) is 10.4. The monoisotopic (exact) mass is 385 g/mol. The second-order valence-corrected chi connectivity index (χ2v) is 5.65. The van der Waals surface area contributed by atoms with E-state index < -0.39 is 0 Å². The summed E-state index contributed by atoms with van der Waals surface area (Å²) in [4.78, 5) is 7.25. The zero-order valence-electron chi connectivity index (χ0n) is 11.9. The third-order valence-corrected chi connectivity index (χ3v) is 3.88. The normalized spacial score (nSPS) is 19.4. The molecule has 1 aliphatic heterocycles. The Morgan fingerprint density at radius 2 is 1.80 bits per heavy atom. The van der Waals surface area contributed by atoms with E-state index in [1.807, 2.05) is 6.07 Å². The van der Waals surface area contributed by atoms with Gasteiger partial charge in [0.15, 0.2) is 5.96 Å². The number of benzene rings is 1. The van der Waals surface area contributed by atoms with Gasteiger partial charge in [0.05, 0.1) is 0 Å². The Hall–Kier alpha value is -0.780. The Morgan fingerprint density at radius 1 is 1.10 bits per heavy atom. The van der Waals surface area contributed by atoms with Gasteiger partial charge >= 0.3 is 0 Å². The zero-order chi connectivity index (χ0) is 12.9. The molecule has 2 fully saturated rings. The number of para-hydroxylation sites is 1. The third-order valence-electron chi connectivity index (χ3n) is 3.88. The lowest BCUT2D eigenvalue weighted by Gasteiger charge is -2.30. The fraction of sp³-hybridized carbons (Fsp3) is 0.562. The Balaban J connectivity index is 0.00000147. The molecule has 1 saturated heterocycles. The number of hydrogen-bond donors (Lipinski definition) is 1. The SMILES string of the molecule is I.c1ccc(NC(=NCC2CC2)N2CCCCC2)cc1. The second kappa shape index (κ2) is 7.86. The average molecular weight is 385 g/mol. The van der Waals surface area contributed by atoms with Crippen LogP contribution in [-0.4, -0.2) is 30.5 Å². The van der Waals surface area contributed by atoms with E-state index >= 15 is 0 Å². The largest absolute Gasteiger partial charge is 0.343 e. The Labute approximate surface area is 138 Å². The van der Waals surface area contributed by atoms with Crippen molar-refractivity contribution in [3.8, 4) is 0 Å². The van der Waals surface area contributed by atoms with E-state index in [-0.39, 0.29) is 24.0 Å². The van der Waals surface area contributed by atoms with Crippen molar-refractivity contribution in [2.45, 2.75) is 32.1 Å². The van der Waals surface area contributed by atoms with Crippen LogP contribution in [0.4, 0.5) is 5.69 Å². The van der Waals surface area contributed by atoms with E-state index in [4.69, 9.17) is 4.99 Å². The van der Waals surface area contributed by atoms with E-state index in [1.165, 1.54) is 32.1 Å². The van der Waals surface area contributed by atoms with Gasteiger partial charge in [-0.3, -0.25) is 4.99 Å². The maximum absolute atomic E-state index is 4.84. The first kappa shape index (κ1) is 15.6. The molecule has 1 aromatic rings. The minimum atomic E-state index is 0. The number of piperidine rings is 1. The molecule has 20 heavy (non-hydrogen) atoms. The second-order valence-electron chi connectivity index (χ2n) is 5.65. The molecule has 0 atom stereocenters. The summed E-state index contributed by atoms with van der Waals surface area (Å²) in [6.07, 6.45) is 6.67. The first-order valence-corrected chi connectivity index (χ1v) is 7.53. The highest BCUT2D eigenvalue weighted by Gasteiger charge is 2.22. The van der Waals surface area contributed by atoms with Crippen molar-refractivity contribution in [3.05, 3.63) is 30.3 Å². The highest BCUT2D eigenvalue weighted by molar-refractivity contribution is 14.0. The molecule has 110 valence electrons. The molecule has 0 radical (unpaired) electrons. The predicted molar refractivity (Wildman–Crippen MR) is 95.9 cm³/mol. The number of nitrogens with one attached hydrogen (secondary N) is 1. The van der Waals surface area contributed by atoms with Crippen LogP contribution in [0.5, 0.6) is 0 Å². The summed E-state index contributed by atoms with van der Waals surface area (Å²) in [5.74, 6) is 1.93. The smallest absolute Gasteiger partial charge is 0.198 e. The molecule has 1 aromatic carbocycles. The molecule has 3 rings (SSSR count). The molecule has 0 spiro atoms. The zero-order valence-corrected chi connectivity index (χ0v) is 14.3. The lowest BCUT2D eigenvalue weighted by atomic mass is 10.1. The summed E-state index contributed by atoms with van der Waals surface area (Å²) in [5, 5.41) is 3.51. The van der Waals surface area contributed by atoms with Crippen molar-refractivity contribution < 1.29 is 0 Å². The number of aliphatic imine (C=N–C) groups is 1. The standard InChI is InChI=1S/C16H23N3.HI/c1-3-7-15(8-4-1)18-16(17-13-14-9-10-14)19-11-5-2-6-12-19;/h1,3-4,7-8,14H,2,5-6,9-13H2,(H,17,18);1H. The van der Waals surface area contributed by atoms with Gasteiger partial charge in [-0.05, 0) is 50.2 Å². The number of rotatable bonds is 3. The highest BCUT2D eigenvalue weighted by Crippen LogP contribution is 2.29. The van der Waals surface area contributed by atoms with Crippen molar-refractivity contribution in [2.75, 3.05) is 25.0 Å². The number of anilines is 1. The van der Waals surface area contributed by atoms with E-state index in [9.17, 15) is 0 Å². The highest BCUT2D eigenvalue weighted by atomic mass is 127. The predicted octanol–water partition coefficient (Wildman–Crippen LogP) is 3.97. The van der Waals surface area contributed by atoms with Crippen LogP contribution in [-0.2, 0) is 0 Å². The molecule has 1 N–H and O–H groups in total. The lowest BCUT2D eigenvalue weighted by Crippen LogP contribution is -2.40. The van der Waals surface area contributed by atoms with Gasteiger partial charge < -0.3 is 10.2 Å². The number of halogens is 1. The van der Waals surface area contributed by atoms with Crippen LogP contribution in [0.25, 0.3) is 0 Å². The van der Waals surface area contributed by atoms with Crippen molar-refractivity contribution in [3.63, 3.8) is 0 Å². The fourth-order valence-electron chi connectivity index (χ4n) is 2.49. The number of guanidine groups is 1. The molecule has 1 heterocycles. The van der Waals surface area contributed by atoms with Crippen LogP contribution in [0.3, 0.4) is 0 Å². The minimum absolute atomic E-state index is 0. The lowest BCUT2D eigenvalue weighted by molar-refractivity contribution is 0.340. The van der Waals surface area contributed by atoms with Crippen LogP contribution in [0.2, 0.25) is 0 Å². The fourth-order valence-corrected chi connectivity index (χ4v) is 2.49. The van der Waals surface area contributed by atoms with Crippen LogP contribution in [0, 0.1) is 5.92 Å². The molecule has 1 aliphatic carbocycles. The van der Waals surface area contributed by atoms with Gasteiger partial charge in [0, 0.05) is 25.3 Å². The minimum Gasteiger partial charge on any atom is -0.343 e. The van der Waals surface area contributed by atoms with Gasteiger partial charge in [-0.1, -0.05) is 18.2 Å². The molecule has 0 aromatic heterocycles. The molecule has 0 bridgehead atoms. The van der Waals surface area contributed by atoms with E-state index in [0.29, 0.717) is 0 Å². The topological polar surface area (TPSA) is 27.6 Å². The maximum atomic E-state index is 4.84. The number of hydrogen-bond acceptors (Lipinski definition) is 1. The summed E-state index contributed by atoms with van der Waals surface area (Å²) in [7, 11) is 0. The summed E-state index contributed by atoms with van der Waals surface area (Å²) in [5.41, 5.74) is 1.14. The Bertz CT molecular complexity index is 423. The summed E-state index contributed by atoms with van der Waals surface area (Å²) in [6.45, 7) is 3.28. The Morgan fingerprint density at radius 3 is 2.45 bits per heavy atom. The molecule has 2 aliphatic rings. The first-order valence-electron chi connectivity index (χ1n) is 7.53. The maximum Gasteiger partial charge on any atom is 0.198 e. The first-order chi connectivity index (χ1) is 9.42. The third kappa shape index (κ3) is 4.65. The van der Waals surface area contributed by atoms with E-state index in [1.54, 1.807) is 0 Å². The molecule has 0 amide bonds. The molecular weight excluding hydrogens is 361 g/mol. The molecule has 1 saturated carbocycles. The van der Waals surface area contributed by atoms with Gasteiger partial charge in [-0.25, -0.2) is 0 Å². The van der Waals surface area contributed by atoms with Crippen molar-refractivity contribution >= 4 is 35.6 Å². The summed E-state index contributed by atoms with van der Waals surface area (Å²) < 4.78 is 0. The van der Waals surface area contributed by atoms with Gasteiger partial charge in [0.25, 0.3) is 0 Å². The average Bonchev–Trinajstić information content (AvgIpc) is 3.30. The van der Waals surface area contributed by atoms with Gasteiger partial charge in [0.1, 0.15) is 0 Å². The van der Waals surface area contributed by atoms with Gasteiger partial charge in [-0.2, -0.15) is 0 Å². The van der Waals surface area contributed by atoms with E-state index in [0.717, 1.165) is 37.2 Å². The summed E-state index contributed by atoms with van der Waals surface area (Å²) >= 11 is 0. The van der Waals surface area contributed by atoms with Gasteiger partial charge in [0.2, 0.25) is 0 Å². The van der Waals surface area contributed by atoms with Crippen LogP contribution >= 0.6 is 24.0 Å². The van der Waals surface area contributed by atoms with Crippen molar-refractivity contribution in [1.29, 1.82) is 0 Å². The number of nitrogens with zero attached hydrogens (tertiary/aromatic N) is 2. The van der Waals surface area contributed by atoms with Crippen LogP contribution < -0.4 is 5.32 Å². The Kier molecular flexibility index (Phi) is 6.13. The number of likely N-dealkylation sites (tertiary alicyclic amines) is 1. The molecular formula is C16H24IN3. The van der Waals surface area contributed by atoms with Crippen molar-refractivity contribution in [1.82, 2.24) is 4.90 Å².